The molecule has 0 saturated heterocycles. The minimum absolute atomic E-state index is 0.0341. The molecule has 0 aliphatic carbocycles. The molecular formula is C13H20N2O. The highest BCUT2D eigenvalue weighted by Gasteiger charge is 2.12. The van der Waals surface area contributed by atoms with Crippen molar-refractivity contribution in [3.05, 3.63) is 29.8 Å². The van der Waals surface area contributed by atoms with Crippen LogP contribution in [0.15, 0.2) is 24.3 Å². The second-order valence-corrected chi connectivity index (χ2v) is 4.52. The number of nitrogens with one attached hydrogen (secondary N) is 1. The first-order valence-electron chi connectivity index (χ1n) is 5.57. The van der Waals surface area contributed by atoms with Gasteiger partial charge in [-0.3, -0.25) is 4.79 Å². The first kappa shape index (κ1) is 12.6. The minimum Gasteiger partial charge on any atom is -0.384 e. The number of rotatable bonds is 4. The Kier molecular flexibility index (Phi) is 4.35. The summed E-state index contributed by atoms with van der Waals surface area (Å²) in [5.41, 5.74) is 1.64. The third-order valence-corrected chi connectivity index (χ3v) is 2.26. The summed E-state index contributed by atoms with van der Waals surface area (Å²) in [6, 6.07) is 7.62. The van der Waals surface area contributed by atoms with Crippen LogP contribution in [-0.2, 0) is 0 Å². The molecule has 1 rings (SSSR count). The lowest BCUT2D eigenvalue weighted by molar-refractivity contribution is 0.0828. The molecule has 0 aliphatic heterocycles. The lowest BCUT2D eigenvalue weighted by Gasteiger charge is -2.16. The largest absolute Gasteiger partial charge is 0.384 e. The van der Waals surface area contributed by atoms with Gasteiger partial charge in [-0.25, -0.2) is 0 Å². The zero-order chi connectivity index (χ0) is 12.1. The number of nitrogens with zero attached hydrogens (tertiary/aromatic N) is 1. The van der Waals surface area contributed by atoms with Gasteiger partial charge < -0.3 is 10.2 Å². The van der Waals surface area contributed by atoms with E-state index in [-0.39, 0.29) is 5.91 Å². The van der Waals surface area contributed by atoms with Crippen molar-refractivity contribution < 1.29 is 4.79 Å². The molecule has 0 heterocycles. The summed E-state index contributed by atoms with van der Waals surface area (Å²) >= 11 is 0. The van der Waals surface area contributed by atoms with Crippen LogP contribution in [0, 0.1) is 5.92 Å². The summed E-state index contributed by atoms with van der Waals surface area (Å²) in [5.74, 6) is 0.592. The number of anilines is 1. The average molecular weight is 220 g/mol. The van der Waals surface area contributed by atoms with E-state index in [4.69, 9.17) is 0 Å². The van der Waals surface area contributed by atoms with Crippen molar-refractivity contribution in [1.82, 2.24) is 4.90 Å². The molecule has 0 bridgehead atoms. The van der Waals surface area contributed by atoms with Crippen molar-refractivity contribution >= 4 is 11.6 Å². The smallest absolute Gasteiger partial charge is 0.255 e. The molecule has 0 unspecified atom stereocenters. The highest BCUT2D eigenvalue weighted by Crippen LogP contribution is 2.16. The Bertz CT molecular complexity index is 359. The van der Waals surface area contributed by atoms with Gasteiger partial charge >= 0.3 is 0 Å². The maximum absolute atomic E-state index is 11.9. The fourth-order valence-electron chi connectivity index (χ4n) is 1.38. The molecule has 0 atom stereocenters. The predicted octanol–water partition coefficient (Wildman–Crippen LogP) is 2.46. The highest BCUT2D eigenvalue weighted by molar-refractivity contribution is 5.99. The summed E-state index contributed by atoms with van der Waals surface area (Å²) in [6.45, 7) is 5.16. The molecule has 1 aromatic carbocycles. The van der Waals surface area contributed by atoms with Crippen LogP contribution < -0.4 is 5.32 Å². The number of amides is 1. The third-order valence-electron chi connectivity index (χ3n) is 2.26. The quantitative estimate of drug-likeness (QED) is 0.845. The summed E-state index contributed by atoms with van der Waals surface area (Å²) in [6.07, 6.45) is 0. The molecule has 0 spiro atoms. The zero-order valence-corrected chi connectivity index (χ0v) is 10.4. The fourth-order valence-corrected chi connectivity index (χ4v) is 1.38. The second kappa shape index (κ2) is 5.54. The fraction of sp³-hybridized carbons (Fsp3) is 0.462. The number of hydrogen-bond donors (Lipinski definition) is 1. The van der Waals surface area contributed by atoms with Gasteiger partial charge in [0.15, 0.2) is 0 Å². The van der Waals surface area contributed by atoms with Gasteiger partial charge in [0.05, 0.1) is 5.56 Å². The van der Waals surface area contributed by atoms with Gasteiger partial charge in [0, 0.05) is 26.3 Å². The Morgan fingerprint density at radius 1 is 1.31 bits per heavy atom. The number of carbonyl (C=O) groups is 1. The van der Waals surface area contributed by atoms with Gasteiger partial charge in [-0.05, 0) is 18.1 Å². The van der Waals surface area contributed by atoms with Crippen LogP contribution in [0.25, 0.3) is 0 Å². The maximum Gasteiger partial charge on any atom is 0.255 e. The van der Waals surface area contributed by atoms with Gasteiger partial charge in [-0.2, -0.15) is 0 Å². The number of para-hydroxylation sites is 1. The van der Waals surface area contributed by atoms with E-state index >= 15 is 0 Å². The van der Waals surface area contributed by atoms with Crippen LogP contribution in [0.1, 0.15) is 24.2 Å². The van der Waals surface area contributed by atoms with E-state index in [1.165, 1.54) is 0 Å². The summed E-state index contributed by atoms with van der Waals surface area (Å²) in [7, 11) is 3.53. The van der Waals surface area contributed by atoms with Crippen molar-refractivity contribution in [2.24, 2.45) is 5.92 Å². The lowest BCUT2D eigenvalue weighted by Crippen LogP contribution is -2.23. The normalized spacial score (nSPS) is 10.3. The minimum atomic E-state index is 0.0341. The van der Waals surface area contributed by atoms with Crippen LogP contribution in [-0.4, -0.2) is 31.4 Å². The molecule has 0 saturated carbocycles. The Labute approximate surface area is 97.5 Å². The van der Waals surface area contributed by atoms with E-state index in [0.717, 1.165) is 17.8 Å². The Balaban J connectivity index is 2.87. The SMILES string of the molecule is CC(C)CNc1ccccc1C(=O)N(C)C. The molecule has 88 valence electrons. The van der Waals surface area contributed by atoms with Crippen molar-refractivity contribution in [2.75, 3.05) is 26.0 Å². The first-order chi connectivity index (χ1) is 7.52. The second-order valence-electron chi connectivity index (χ2n) is 4.52. The number of hydrogen-bond acceptors (Lipinski definition) is 2. The van der Waals surface area contributed by atoms with E-state index in [2.05, 4.69) is 19.2 Å². The van der Waals surface area contributed by atoms with Gasteiger partial charge in [-0.1, -0.05) is 26.0 Å². The Hall–Kier alpha value is -1.51. The molecule has 0 aliphatic rings. The van der Waals surface area contributed by atoms with E-state index < -0.39 is 0 Å². The van der Waals surface area contributed by atoms with Gasteiger partial charge in [0.1, 0.15) is 0 Å². The molecule has 3 nitrogen and oxygen atoms in total. The number of benzene rings is 1. The van der Waals surface area contributed by atoms with Crippen LogP contribution in [0.5, 0.6) is 0 Å². The molecule has 16 heavy (non-hydrogen) atoms. The van der Waals surface area contributed by atoms with Gasteiger partial charge in [0.25, 0.3) is 5.91 Å². The van der Waals surface area contributed by atoms with Gasteiger partial charge in [0.2, 0.25) is 0 Å². The van der Waals surface area contributed by atoms with Crippen molar-refractivity contribution in [1.29, 1.82) is 0 Å². The standard InChI is InChI=1S/C13H20N2O/c1-10(2)9-14-12-8-6-5-7-11(12)13(16)15(3)4/h5-8,10,14H,9H2,1-4H3. The van der Waals surface area contributed by atoms with Crippen molar-refractivity contribution in [3.63, 3.8) is 0 Å². The van der Waals surface area contributed by atoms with Crippen LogP contribution in [0.2, 0.25) is 0 Å². The van der Waals surface area contributed by atoms with Gasteiger partial charge in [-0.15, -0.1) is 0 Å². The molecule has 3 heteroatoms. The summed E-state index contributed by atoms with van der Waals surface area (Å²) in [5, 5.41) is 3.30. The van der Waals surface area contributed by atoms with E-state index in [0.29, 0.717) is 5.92 Å². The zero-order valence-electron chi connectivity index (χ0n) is 10.4. The maximum atomic E-state index is 11.9. The molecule has 1 amide bonds. The topological polar surface area (TPSA) is 32.3 Å². The molecular weight excluding hydrogens is 200 g/mol. The number of carbonyl (C=O) groups excluding carboxylic acids is 1. The third kappa shape index (κ3) is 3.26. The van der Waals surface area contributed by atoms with Crippen LogP contribution >= 0.6 is 0 Å². The van der Waals surface area contributed by atoms with E-state index in [9.17, 15) is 4.79 Å². The molecule has 0 fully saturated rings. The van der Waals surface area contributed by atoms with Crippen molar-refractivity contribution in [3.8, 4) is 0 Å². The monoisotopic (exact) mass is 220 g/mol. The molecule has 0 aromatic heterocycles. The van der Waals surface area contributed by atoms with Crippen molar-refractivity contribution in [2.45, 2.75) is 13.8 Å². The molecule has 1 aromatic rings. The Morgan fingerprint density at radius 2 is 1.94 bits per heavy atom. The van der Waals surface area contributed by atoms with Crippen LogP contribution in [0.3, 0.4) is 0 Å². The average Bonchev–Trinajstić information content (AvgIpc) is 2.25. The van der Waals surface area contributed by atoms with E-state index in [1.54, 1.807) is 19.0 Å². The summed E-state index contributed by atoms with van der Waals surface area (Å²) < 4.78 is 0. The highest BCUT2D eigenvalue weighted by atomic mass is 16.2. The molecule has 1 N–H and O–H groups in total. The lowest BCUT2D eigenvalue weighted by atomic mass is 10.1. The van der Waals surface area contributed by atoms with E-state index in [1.807, 2.05) is 24.3 Å². The van der Waals surface area contributed by atoms with Crippen LogP contribution in [0.4, 0.5) is 5.69 Å². The first-order valence-corrected chi connectivity index (χ1v) is 5.57. The summed E-state index contributed by atoms with van der Waals surface area (Å²) in [4.78, 5) is 13.5. The Morgan fingerprint density at radius 3 is 2.50 bits per heavy atom. The molecule has 0 radical (unpaired) electrons. The predicted molar refractivity (Wildman–Crippen MR) is 67.8 cm³/mol.